The van der Waals surface area contributed by atoms with Gasteiger partial charge in [0.15, 0.2) is 0 Å². The van der Waals surface area contributed by atoms with Gasteiger partial charge in [0.2, 0.25) is 0 Å². The zero-order chi connectivity index (χ0) is 15.0. The third-order valence-corrected chi connectivity index (χ3v) is 3.37. The van der Waals surface area contributed by atoms with E-state index in [2.05, 4.69) is 10.3 Å². The lowest BCUT2D eigenvalue weighted by molar-refractivity contribution is 0.475. The van der Waals surface area contributed by atoms with E-state index >= 15 is 0 Å². The number of fused-ring (bicyclic) bond motifs is 1. The number of nitrogen functional groups attached to an aromatic ring is 1. The molecule has 0 aliphatic rings. The first-order chi connectivity index (χ1) is 10.1. The molecule has 0 radical (unpaired) electrons. The highest BCUT2D eigenvalue weighted by Gasteiger charge is 2.11. The van der Waals surface area contributed by atoms with E-state index in [4.69, 9.17) is 5.73 Å². The molecule has 0 aliphatic heterocycles. The highest BCUT2D eigenvalue weighted by atomic mass is 19.1. The van der Waals surface area contributed by atoms with Crippen LogP contribution in [-0.4, -0.2) is 10.1 Å². The molecule has 0 unspecified atom stereocenters. The number of phenolic OH excluding ortho intramolecular Hbond substituents is 1. The number of phenols is 1. The minimum absolute atomic E-state index is 0.180. The summed E-state index contributed by atoms with van der Waals surface area (Å²) in [7, 11) is 0. The number of rotatable bonds is 2. The van der Waals surface area contributed by atoms with Gasteiger partial charge in [-0.25, -0.2) is 9.37 Å². The van der Waals surface area contributed by atoms with Gasteiger partial charge in [0.25, 0.3) is 0 Å². The molecule has 3 rings (SSSR count). The first-order valence-corrected chi connectivity index (χ1v) is 6.45. The molecule has 1 aromatic heterocycles. The number of hydrogen-bond acceptors (Lipinski definition) is 4. The van der Waals surface area contributed by atoms with Gasteiger partial charge in [-0.1, -0.05) is 0 Å². The van der Waals surface area contributed by atoms with Crippen LogP contribution < -0.4 is 11.1 Å². The van der Waals surface area contributed by atoms with E-state index < -0.39 is 0 Å². The lowest BCUT2D eigenvalue weighted by Crippen LogP contribution is -1.99. The summed E-state index contributed by atoms with van der Waals surface area (Å²) < 4.78 is 14.1. The summed E-state index contributed by atoms with van der Waals surface area (Å²) in [6, 6.07) is 9.45. The van der Waals surface area contributed by atoms with Crippen LogP contribution in [0.2, 0.25) is 0 Å². The van der Waals surface area contributed by atoms with Crippen LogP contribution in [0.4, 0.5) is 21.6 Å². The van der Waals surface area contributed by atoms with Crippen molar-refractivity contribution in [2.45, 2.75) is 6.92 Å². The second-order valence-electron chi connectivity index (χ2n) is 4.84. The number of aromatic nitrogens is 1. The van der Waals surface area contributed by atoms with Crippen LogP contribution in [0, 0.1) is 12.7 Å². The Kier molecular flexibility index (Phi) is 3.10. The molecule has 0 aliphatic carbocycles. The Morgan fingerprint density at radius 1 is 1.19 bits per heavy atom. The molecule has 1 heterocycles. The summed E-state index contributed by atoms with van der Waals surface area (Å²) in [5, 5.41) is 13.5. The lowest BCUT2D eigenvalue weighted by atomic mass is 10.1. The standard InChI is InChI=1S/C16H14FN3O/c1-9-8-10(21)2-5-14(9)20-16-15-11(6-7-19-16)13(18)4-3-12(15)17/h2-8,21H,18H2,1H3,(H,19,20). The molecule has 0 saturated carbocycles. The van der Waals surface area contributed by atoms with E-state index in [9.17, 15) is 9.50 Å². The molecule has 0 bridgehead atoms. The van der Waals surface area contributed by atoms with Gasteiger partial charge in [-0.2, -0.15) is 0 Å². The van der Waals surface area contributed by atoms with E-state index in [0.717, 1.165) is 11.3 Å². The minimum Gasteiger partial charge on any atom is -0.508 e. The summed E-state index contributed by atoms with van der Waals surface area (Å²) in [6.45, 7) is 1.85. The van der Waals surface area contributed by atoms with Crippen molar-refractivity contribution in [3.8, 4) is 5.75 Å². The van der Waals surface area contributed by atoms with E-state index in [0.29, 0.717) is 22.3 Å². The molecule has 4 nitrogen and oxygen atoms in total. The Balaban J connectivity index is 2.15. The maximum atomic E-state index is 14.1. The Labute approximate surface area is 121 Å². The minimum atomic E-state index is -0.383. The van der Waals surface area contributed by atoms with Crippen molar-refractivity contribution < 1.29 is 9.50 Å². The predicted octanol–water partition coefficient (Wildman–Crippen LogP) is 3.71. The quantitative estimate of drug-likeness (QED) is 0.495. The van der Waals surface area contributed by atoms with Crippen LogP contribution in [0.15, 0.2) is 42.6 Å². The number of nitrogens with one attached hydrogen (secondary N) is 1. The maximum Gasteiger partial charge on any atom is 0.141 e. The Hall–Kier alpha value is -2.82. The highest BCUT2D eigenvalue weighted by molar-refractivity contribution is 6.00. The number of nitrogens with two attached hydrogens (primary N) is 1. The van der Waals surface area contributed by atoms with E-state index in [-0.39, 0.29) is 11.6 Å². The molecule has 21 heavy (non-hydrogen) atoms. The van der Waals surface area contributed by atoms with Gasteiger partial charge >= 0.3 is 0 Å². The first-order valence-electron chi connectivity index (χ1n) is 6.45. The Bertz CT molecular complexity index is 833. The molecule has 106 valence electrons. The number of pyridine rings is 1. The molecular weight excluding hydrogens is 269 g/mol. The second-order valence-corrected chi connectivity index (χ2v) is 4.84. The SMILES string of the molecule is Cc1cc(O)ccc1Nc1nccc2c(N)ccc(F)c12. The van der Waals surface area contributed by atoms with Crippen molar-refractivity contribution in [1.82, 2.24) is 4.98 Å². The molecule has 5 heteroatoms. The zero-order valence-corrected chi connectivity index (χ0v) is 11.4. The number of aromatic hydroxyl groups is 1. The summed E-state index contributed by atoms with van der Waals surface area (Å²) >= 11 is 0. The number of halogens is 1. The monoisotopic (exact) mass is 283 g/mol. The van der Waals surface area contributed by atoms with E-state index in [1.54, 1.807) is 30.5 Å². The topological polar surface area (TPSA) is 71.2 Å². The van der Waals surface area contributed by atoms with Crippen molar-refractivity contribution in [1.29, 1.82) is 0 Å². The number of hydrogen-bond donors (Lipinski definition) is 3. The molecular formula is C16H14FN3O. The molecule has 0 fully saturated rings. The Morgan fingerprint density at radius 3 is 2.76 bits per heavy atom. The Morgan fingerprint density at radius 2 is 2.00 bits per heavy atom. The van der Waals surface area contributed by atoms with Gasteiger partial charge in [-0.3, -0.25) is 0 Å². The van der Waals surface area contributed by atoms with Crippen LogP contribution in [0.25, 0.3) is 10.8 Å². The smallest absolute Gasteiger partial charge is 0.141 e. The normalized spacial score (nSPS) is 10.8. The molecule has 0 amide bonds. The van der Waals surface area contributed by atoms with Gasteiger partial charge in [-0.15, -0.1) is 0 Å². The summed E-state index contributed by atoms with van der Waals surface area (Å²) in [5.74, 6) is 0.191. The number of aryl methyl sites for hydroxylation is 1. The van der Waals surface area contributed by atoms with Crippen molar-refractivity contribution in [2.75, 3.05) is 11.1 Å². The van der Waals surface area contributed by atoms with Crippen LogP contribution in [0.5, 0.6) is 5.75 Å². The molecule has 3 aromatic rings. The summed E-state index contributed by atoms with van der Waals surface area (Å²) in [5.41, 5.74) is 7.96. The first kappa shape index (κ1) is 13.2. The van der Waals surface area contributed by atoms with Crippen molar-refractivity contribution in [2.24, 2.45) is 0 Å². The number of benzene rings is 2. The van der Waals surface area contributed by atoms with Crippen molar-refractivity contribution >= 4 is 28.0 Å². The predicted molar refractivity (Wildman–Crippen MR) is 82.2 cm³/mol. The van der Waals surface area contributed by atoms with Crippen LogP contribution in [0.3, 0.4) is 0 Å². The fourth-order valence-corrected chi connectivity index (χ4v) is 2.29. The summed E-state index contributed by atoms with van der Waals surface area (Å²) in [6.07, 6.45) is 1.58. The van der Waals surface area contributed by atoms with Crippen molar-refractivity contribution in [3.05, 3.63) is 54.0 Å². The van der Waals surface area contributed by atoms with E-state index in [1.165, 1.54) is 12.1 Å². The maximum absolute atomic E-state index is 14.1. The number of nitrogens with zero attached hydrogens (tertiary/aromatic N) is 1. The second kappa shape index (κ2) is 4.94. The highest BCUT2D eigenvalue weighted by Crippen LogP contribution is 2.31. The third-order valence-electron chi connectivity index (χ3n) is 3.37. The molecule has 0 spiro atoms. The van der Waals surface area contributed by atoms with Gasteiger partial charge < -0.3 is 16.2 Å². The van der Waals surface area contributed by atoms with Crippen LogP contribution >= 0.6 is 0 Å². The average Bonchev–Trinajstić information content (AvgIpc) is 2.46. The van der Waals surface area contributed by atoms with Gasteiger partial charge in [0.1, 0.15) is 17.4 Å². The fraction of sp³-hybridized carbons (Fsp3) is 0.0625. The van der Waals surface area contributed by atoms with Crippen LogP contribution in [-0.2, 0) is 0 Å². The molecule has 2 aromatic carbocycles. The van der Waals surface area contributed by atoms with Gasteiger partial charge in [-0.05, 0) is 48.9 Å². The fourth-order valence-electron chi connectivity index (χ4n) is 2.29. The molecule has 0 saturated heterocycles. The molecule has 4 N–H and O–H groups in total. The third kappa shape index (κ3) is 2.33. The lowest BCUT2D eigenvalue weighted by Gasteiger charge is -2.12. The van der Waals surface area contributed by atoms with Crippen LogP contribution in [0.1, 0.15) is 5.56 Å². The summed E-state index contributed by atoms with van der Waals surface area (Å²) in [4.78, 5) is 4.20. The van der Waals surface area contributed by atoms with Gasteiger partial charge in [0, 0.05) is 23.0 Å². The van der Waals surface area contributed by atoms with Gasteiger partial charge in [0.05, 0.1) is 5.39 Å². The number of anilines is 3. The zero-order valence-electron chi connectivity index (χ0n) is 11.4. The largest absolute Gasteiger partial charge is 0.508 e. The van der Waals surface area contributed by atoms with E-state index in [1.807, 2.05) is 6.92 Å². The average molecular weight is 283 g/mol. The van der Waals surface area contributed by atoms with Crippen molar-refractivity contribution in [3.63, 3.8) is 0 Å². The molecule has 0 atom stereocenters.